The van der Waals surface area contributed by atoms with Crippen LogP contribution in [-0.2, 0) is 9.59 Å². The minimum Gasteiger partial charge on any atom is -0.497 e. The van der Waals surface area contributed by atoms with E-state index in [4.69, 9.17) is 19.5 Å². The van der Waals surface area contributed by atoms with Crippen LogP contribution in [0.1, 0.15) is 24.1 Å². The van der Waals surface area contributed by atoms with Crippen LogP contribution in [0.3, 0.4) is 0 Å². The molecule has 5 rings (SSSR count). The number of methoxy groups -OCH3 is 2. The number of anilines is 1. The third kappa shape index (κ3) is 4.45. The molecule has 0 unspecified atom stereocenters. The SMILES string of the molecule is COc1cc(NC(=O)[C@@H](C)SC2=Nc3ccccc3C3=N[C@H](c4ccccc4)C(=O)N23)cc(OC)c1. The Morgan fingerprint density at radius 2 is 1.67 bits per heavy atom. The van der Waals surface area contributed by atoms with Gasteiger partial charge in [-0.15, -0.1) is 0 Å². The van der Waals surface area contributed by atoms with Crippen molar-refractivity contribution in [2.24, 2.45) is 9.98 Å². The van der Waals surface area contributed by atoms with Crippen LogP contribution in [0.2, 0.25) is 0 Å². The molecule has 0 saturated carbocycles. The average molecular weight is 501 g/mol. The number of thioether (sulfide) groups is 1. The summed E-state index contributed by atoms with van der Waals surface area (Å²) in [4.78, 5) is 37.7. The lowest BCUT2D eigenvalue weighted by molar-refractivity contribution is -0.124. The van der Waals surface area contributed by atoms with Crippen LogP contribution in [0.15, 0.2) is 82.8 Å². The standard InChI is InChI=1S/C27H24N4O4S/c1-16(25(32)28-18-13-19(34-2)15-20(14-18)35-3)36-27-29-22-12-8-7-11-21(22)24-30-23(26(33)31(24)27)17-9-5-4-6-10-17/h4-16,23H,1-3H3,(H,28,32)/t16-,23-/m1/s1. The first kappa shape index (κ1) is 23.6. The van der Waals surface area contributed by atoms with E-state index >= 15 is 0 Å². The lowest BCUT2D eigenvalue weighted by atomic mass is 10.1. The van der Waals surface area contributed by atoms with Crippen LogP contribution in [0.5, 0.6) is 11.5 Å². The molecular formula is C27H24N4O4S. The molecule has 36 heavy (non-hydrogen) atoms. The normalized spacial score (nSPS) is 16.9. The van der Waals surface area contributed by atoms with Crippen molar-refractivity contribution in [2.75, 3.05) is 19.5 Å². The number of hydrogen-bond acceptors (Lipinski definition) is 7. The Morgan fingerprint density at radius 1 is 1.00 bits per heavy atom. The van der Waals surface area contributed by atoms with Gasteiger partial charge < -0.3 is 14.8 Å². The number of rotatable bonds is 6. The first-order chi connectivity index (χ1) is 17.5. The number of benzene rings is 3. The average Bonchev–Trinajstić information content (AvgIpc) is 3.26. The van der Waals surface area contributed by atoms with Gasteiger partial charge in [0, 0.05) is 29.4 Å². The molecular weight excluding hydrogens is 476 g/mol. The van der Waals surface area contributed by atoms with E-state index in [2.05, 4.69) is 5.32 Å². The highest BCUT2D eigenvalue weighted by atomic mass is 32.2. The summed E-state index contributed by atoms with van der Waals surface area (Å²) in [5.41, 5.74) is 2.85. The predicted molar refractivity (Wildman–Crippen MR) is 141 cm³/mol. The van der Waals surface area contributed by atoms with Gasteiger partial charge in [0.05, 0.1) is 25.2 Å². The molecule has 3 aromatic carbocycles. The molecule has 8 nitrogen and oxygen atoms in total. The summed E-state index contributed by atoms with van der Waals surface area (Å²) in [6.45, 7) is 1.77. The van der Waals surface area contributed by atoms with Crippen LogP contribution in [0, 0.1) is 0 Å². The summed E-state index contributed by atoms with van der Waals surface area (Å²) in [6.07, 6.45) is 0. The molecule has 9 heteroatoms. The highest BCUT2D eigenvalue weighted by Gasteiger charge is 2.42. The molecule has 2 aliphatic rings. The summed E-state index contributed by atoms with van der Waals surface area (Å²) in [5.74, 6) is 1.23. The predicted octanol–water partition coefficient (Wildman–Crippen LogP) is 4.80. The second-order valence-corrected chi connectivity index (χ2v) is 9.51. The van der Waals surface area contributed by atoms with Crippen molar-refractivity contribution in [3.05, 3.63) is 83.9 Å². The third-order valence-electron chi connectivity index (χ3n) is 5.86. The van der Waals surface area contributed by atoms with E-state index < -0.39 is 11.3 Å². The fourth-order valence-corrected chi connectivity index (χ4v) is 4.93. The zero-order valence-corrected chi connectivity index (χ0v) is 20.8. The van der Waals surface area contributed by atoms with E-state index in [0.29, 0.717) is 33.9 Å². The molecule has 2 aliphatic heterocycles. The molecule has 0 aromatic heterocycles. The maximum atomic E-state index is 13.5. The van der Waals surface area contributed by atoms with Crippen molar-refractivity contribution >= 4 is 46.0 Å². The number of fused-ring (bicyclic) bond motifs is 3. The van der Waals surface area contributed by atoms with Crippen molar-refractivity contribution in [1.82, 2.24) is 4.90 Å². The van der Waals surface area contributed by atoms with Crippen molar-refractivity contribution in [1.29, 1.82) is 0 Å². The first-order valence-corrected chi connectivity index (χ1v) is 12.2. The molecule has 3 aromatic rings. The molecule has 0 spiro atoms. The van der Waals surface area contributed by atoms with Gasteiger partial charge in [-0.1, -0.05) is 54.2 Å². The van der Waals surface area contributed by atoms with E-state index in [9.17, 15) is 9.59 Å². The smallest absolute Gasteiger partial charge is 0.263 e. The maximum Gasteiger partial charge on any atom is 0.263 e. The highest BCUT2D eigenvalue weighted by molar-refractivity contribution is 8.15. The molecule has 0 saturated heterocycles. The summed E-state index contributed by atoms with van der Waals surface area (Å²) in [7, 11) is 3.10. The second-order valence-electron chi connectivity index (χ2n) is 8.20. The third-order valence-corrected chi connectivity index (χ3v) is 6.91. The van der Waals surface area contributed by atoms with E-state index in [-0.39, 0.29) is 11.8 Å². The fraction of sp³-hybridized carbons (Fsp3) is 0.185. The molecule has 182 valence electrons. The Labute approximate surface area is 213 Å². The van der Waals surface area contributed by atoms with Crippen molar-refractivity contribution in [3.8, 4) is 11.5 Å². The monoisotopic (exact) mass is 500 g/mol. The largest absolute Gasteiger partial charge is 0.497 e. The van der Waals surface area contributed by atoms with Crippen molar-refractivity contribution in [3.63, 3.8) is 0 Å². The molecule has 0 fully saturated rings. The minimum atomic E-state index is -0.661. The number of para-hydroxylation sites is 1. The maximum absolute atomic E-state index is 13.5. The number of hydrogen-bond donors (Lipinski definition) is 1. The Kier molecular flexibility index (Phi) is 6.47. The van der Waals surface area contributed by atoms with Gasteiger partial charge in [0.25, 0.3) is 5.91 Å². The number of aliphatic imine (C=N–C) groups is 2. The van der Waals surface area contributed by atoms with E-state index in [1.165, 1.54) is 16.7 Å². The van der Waals surface area contributed by atoms with Crippen LogP contribution in [0.25, 0.3) is 0 Å². The first-order valence-electron chi connectivity index (χ1n) is 11.3. The zero-order valence-electron chi connectivity index (χ0n) is 20.0. The topological polar surface area (TPSA) is 92.6 Å². The Hall–Kier alpha value is -4.11. The summed E-state index contributed by atoms with van der Waals surface area (Å²) in [6, 6.07) is 21.5. The Bertz CT molecular complexity index is 1370. The highest BCUT2D eigenvalue weighted by Crippen LogP contribution is 2.38. The molecule has 0 bridgehead atoms. The number of carbonyl (C=O) groups is 2. The van der Waals surface area contributed by atoms with Crippen LogP contribution in [0.4, 0.5) is 11.4 Å². The number of nitrogens with zero attached hydrogens (tertiary/aromatic N) is 3. The van der Waals surface area contributed by atoms with Crippen LogP contribution >= 0.6 is 11.8 Å². The second kappa shape index (κ2) is 9.87. The molecule has 1 N–H and O–H groups in total. The van der Waals surface area contributed by atoms with Crippen LogP contribution in [-0.4, -0.2) is 47.2 Å². The van der Waals surface area contributed by atoms with E-state index in [1.54, 1.807) is 39.3 Å². The molecule has 2 amide bonds. The quantitative estimate of drug-likeness (QED) is 0.525. The zero-order chi connectivity index (χ0) is 25.2. The number of ether oxygens (including phenoxy) is 2. The number of nitrogens with one attached hydrogen (secondary N) is 1. The fourth-order valence-electron chi connectivity index (χ4n) is 4.02. The van der Waals surface area contributed by atoms with Gasteiger partial charge in [0.1, 0.15) is 17.3 Å². The molecule has 0 radical (unpaired) electrons. The summed E-state index contributed by atoms with van der Waals surface area (Å²) >= 11 is 1.21. The van der Waals surface area contributed by atoms with E-state index in [0.717, 1.165) is 11.1 Å². The van der Waals surface area contributed by atoms with Gasteiger partial charge >= 0.3 is 0 Å². The van der Waals surface area contributed by atoms with Crippen LogP contribution < -0.4 is 14.8 Å². The van der Waals surface area contributed by atoms with Crippen molar-refractivity contribution in [2.45, 2.75) is 18.2 Å². The van der Waals surface area contributed by atoms with Gasteiger partial charge in [0.2, 0.25) is 5.91 Å². The summed E-state index contributed by atoms with van der Waals surface area (Å²) in [5, 5.41) is 2.76. The Morgan fingerprint density at radius 3 is 2.36 bits per heavy atom. The molecule has 0 aliphatic carbocycles. The van der Waals surface area contributed by atoms with Gasteiger partial charge in [-0.25, -0.2) is 14.9 Å². The van der Waals surface area contributed by atoms with Gasteiger partial charge in [-0.05, 0) is 24.6 Å². The Balaban J connectivity index is 1.41. The van der Waals surface area contributed by atoms with Gasteiger partial charge in [-0.2, -0.15) is 0 Å². The molecule has 2 heterocycles. The lowest BCUT2D eigenvalue weighted by Crippen LogP contribution is -2.41. The number of carbonyl (C=O) groups excluding carboxylic acids is 2. The minimum absolute atomic E-state index is 0.193. The van der Waals surface area contributed by atoms with Gasteiger partial charge in [0.15, 0.2) is 11.2 Å². The lowest BCUT2D eigenvalue weighted by Gasteiger charge is -2.27. The summed E-state index contributed by atoms with van der Waals surface area (Å²) < 4.78 is 10.6. The van der Waals surface area contributed by atoms with Gasteiger partial charge in [-0.3, -0.25) is 9.59 Å². The molecule has 2 atom stereocenters. The van der Waals surface area contributed by atoms with Crippen molar-refractivity contribution < 1.29 is 19.1 Å². The number of amidine groups is 2. The van der Waals surface area contributed by atoms with E-state index in [1.807, 2.05) is 54.6 Å². The number of amides is 2.